The number of hydrogen-bond acceptors (Lipinski definition) is 7. The van der Waals surface area contributed by atoms with Crippen LogP contribution < -0.4 is 5.32 Å². The van der Waals surface area contributed by atoms with Gasteiger partial charge in [-0.25, -0.2) is 4.98 Å². The second kappa shape index (κ2) is 14.3. The second-order valence-corrected chi connectivity index (χ2v) is 11.9. The van der Waals surface area contributed by atoms with Gasteiger partial charge < -0.3 is 19.5 Å². The quantitative estimate of drug-likeness (QED) is 0.262. The van der Waals surface area contributed by atoms with E-state index in [4.69, 9.17) is 4.42 Å². The number of carbonyl (C=O) groups is 3. The van der Waals surface area contributed by atoms with Crippen LogP contribution in [0.5, 0.6) is 0 Å². The van der Waals surface area contributed by atoms with E-state index in [2.05, 4.69) is 63.7 Å². The van der Waals surface area contributed by atoms with Crippen LogP contribution in [0.25, 0.3) is 0 Å². The number of nitrogens with zero attached hydrogens (tertiary/aromatic N) is 4. The molecule has 5 rings (SSSR count). The minimum absolute atomic E-state index is 0.0194. The van der Waals surface area contributed by atoms with Crippen molar-refractivity contribution in [1.29, 1.82) is 0 Å². The number of amides is 3. The number of benzene rings is 2. The highest BCUT2D eigenvalue weighted by molar-refractivity contribution is 7.13. The molecule has 9 nitrogen and oxygen atoms in total. The van der Waals surface area contributed by atoms with Gasteiger partial charge in [-0.1, -0.05) is 74.5 Å². The molecule has 1 saturated heterocycles. The Labute approximate surface area is 256 Å². The molecule has 43 heavy (non-hydrogen) atoms. The van der Waals surface area contributed by atoms with Crippen molar-refractivity contribution in [3.8, 4) is 0 Å². The third-order valence-corrected chi connectivity index (χ3v) is 8.14. The van der Waals surface area contributed by atoms with E-state index in [9.17, 15) is 14.4 Å². The summed E-state index contributed by atoms with van der Waals surface area (Å²) in [6, 6.07) is 24.3. The van der Waals surface area contributed by atoms with Gasteiger partial charge in [0.1, 0.15) is 6.54 Å². The first-order valence-corrected chi connectivity index (χ1v) is 15.4. The molecule has 0 atom stereocenters. The summed E-state index contributed by atoms with van der Waals surface area (Å²) in [4.78, 5) is 49.1. The molecule has 1 aliphatic heterocycles. The largest absolute Gasteiger partial charge is 0.459 e. The predicted molar refractivity (Wildman–Crippen MR) is 167 cm³/mol. The zero-order chi connectivity index (χ0) is 30.2. The molecule has 2 aromatic carbocycles. The molecule has 0 spiro atoms. The number of carbonyl (C=O) groups excluding carboxylic acids is 3. The molecular formula is C33H37N5O4S. The number of aromatic nitrogens is 1. The van der Waals surface area contributed by atoms with Gasteiger partial charge >= 0.3 is 0 Å². The minimum Gasteiger partial charge on any atom is -0.459 e. The van der Waals surface area contributed by atoms with Crippen molar-refractivity contribution in [3.63, 3.8) is 0 Å². The highest BCUT2D eigenvalue weighted by atomic mass is 32.1. The van der Waals surface area contributed by atoms with Crippen LogP contribution in [0.15, 0.2) is 88.9 Å². The summed E-state index contributed by atoms with van der Waals surface area (Å²) in [5, 5.41) is 4.98. The average Bonchev–Trinajstić information content (AvgIpc) is 3.71. The average molecular weight is 600 g/mol. The van der Waals surface area contributed by atoms with Gasteiger partial charge in [-0.3, -0.25) is 19.3 Å². The van der Waals surface area contributed by atoms with Gasteiger partial charge in [-0.15, -0.1) is 11.3 Å². The molecule has 4 aromatic rings. The van der Waals surface area contributed by atoms with Crippen LogP contribution in [0, 0.1) is 5.92 Å². The number of nitrogens with one attached hydrogen (secondary N) is 1. The van der Waals surface area contributed by atoms with Crippen LogP contribution in [0.1, 0.15) is 47.3 Å². The number of hydrogen-bond donors (Lipinski definition) is 1. The van der Waals surface area contributed by atoms with Crippen molar-refractivity contribution in [3.05, 3.63) is 107 Å². The molecule has 0 unspecified atom stereocenters. The number of rotatable bonds is 11. The normalized spacial score (nSPS) is 13.8. The van der Waals surface area contributed by atoms with Gasteiger partial charge in [-0.05, 0) is 29.2 Å². The van der Waals surface area contributed by atoms with E-state index in [1.807, 2.05) is 30.9 Å². The van der Waals surface area contributed by atoms with Crippen LogP contribution in [-0.2, 0) is 16.0 Å². The summed E-state index contributed by atoms with van der Waals surface area (Å²) in [7, 11) is 0. The number of furan rings is 1. The van der Waals surface area contributed by atoms with Crippen LogP contribution in [-0.4, -0.2) is 76.7 Å². The first kappa shape index (κ1) is 30.2. The number of anilines is 1. The van der Waals surface area contributed by atoms with Crippen LogP contribution in [0.4, 0.5) is 5.13 Å². The fourth-order valence-corrected chi connectivity index (χ4v) is 6.10. The molecule has 0 radical (unpaired) electrons. The lowest BCUT2D eigenvalue weighted by atomic mass is 9.96. The van der Waals surface area contributed by atoms with Crippen LogP contribution in [0.3, 0.4) is 0 Å². The lowest BCUT2D eigenvalue weighted by Crippen LogP contribution is -2.50. The van der Waals surface area contributed by atoms with Gasteiger partial charge in [0.2, 0.25) is 11.8 Å². The first-order chi connectivity index (χ1) is 20.9. The Bertz CT molecular complexity index is 1440. The van der Waals surface area contributed by atoms with E-state index in [0.717, 1.165) is 13.1 Å². The summed E-state index contributed by atoms with van der Waals surface area (Å²) < 4.78 is 5.23. The van der Waals surface area contributed by atoms with Gasteiger partial charge in [0.05, 0.1) is 24.4 Å². The summed E-state index contributed by atoms with van der Waals surface area (Å²) in [6.07, 6.45) is 1.61. The van der Waals surface area contributed by atoms with Gasteiger partial charge in [0, 0.05) is 38.1 Å². The van der Waals surface area contributed by atoms with E-state index < -0.39 is 0 Å². The van der Waals surface area contributed by atoms with Crippen LogP contribution in [0.2, 0.25) is 0 Å². The molecule has 224 valence electrons. The Kier molecular flexibility index (Phi) is 10.0. The molecule has 1 aliphatic rings. The molecule has 3 amide bonds. The zero-order valence-electron chi connectivity index (χ0n) is 24.5. The molecule has 1 N–H and O–H groups in total. The van der Waals surface area contributed by atoms with Crippen molar-refractivity contribution < 1.29 is 18.8 Å². The molecule has 2 aromatic heterocycles. The third kappa shape index (κ3) is 7.97. The summed E-state index contributed by atoms with van der Waals surface area (Å²) >= 11 is 1.27. The monoisotopic (exact) mass is 599 g/mol. The Hall–Kier alpha value is -4.28. The highest BCUT2D eigenvalue weighted by Gasteiger charge is 2.28. The van der Waals surface area contributed by atoms with E-state index >= 15 is 0 Å². The molecular weight excluding hydrogens is 562 g/mol. The Morgan fingerprint density at radius 3 is 2.16 bits per heavy atom. The fourth-order valence-electron chi connectivity index (χ4n) is 5.37. The first-order valence-electron chi connectivity index (χ1n) is 14.6. The number of piperazine rings is 1. The maximum absolute atomic E-state index is 13.2. The summed E-state index contributed by atoms with van der Waals surface area (Å²) in [5.74, 6) is -0.298. The Balaban J connectivity index is 1.14. The van der Waals surface area contributed by atoms with Crippen molar-refractivity contribution >= 4 is 34.2 Å². The lowest BCUT2D eigenvalue weighted by Gasteiger charge is -2.39. The predicted octanol–water partition coefficient (Wildman–Crippen LogP) is 4.95. The molecule has 0 aliphatic carbocycles. The van der Waals surface area contributed by atoms with E-state index in [-0.39, 0.29) is 48.4 Å². The molecule has 1 fully saturated rings. The maximum atomic E-state index is 13.2. The SMILES string of the molecule is CC(C)CN(CC(=O)Nc1nc(CC(=O)N2CCN(C(c3ccccc3)c3ccccc3)CC2)cs1)C(=O)c1ccco1. The Morgan fingerprint density at radius 2 is 1.58 bits per heavy atom. The molecule has 3 heterocycles. The smallest absolute Gasteiger partial charge is 0.290 e. The second-order valence-electron chi connectivity index (χ2n) is 11.1. The zero-order valence-corrected chi connectivity index (χ0v) is 25.3. The third-order valence-electron chi connectivity index (χ3n) is 7.33. The Morgan fingerprint density at radius 1 is 0.930 bits per heavy atom. The standard InChI is InChI=1S/C33H37N5O4S/c1-24(2)21-38(32(41)28-14-9-19-42-28)22-29(39)35-33-34-27(23-43-33)20-30(40)36-15-17-37(18-16-36)31(25-10-5-3-6-11-25)26-12-7-4-8-13-26/h3-14,19,23-24,31H,15-18,20-22H2,1-2H3,(H,34,35,39). The fraction of sp³-hybridized carbons (Fsp3) is 0.333. The molecule has 0 saturated carbocycles. The van der Waals surface area contributed by atoms with E-state index in [1.165, 1.54) is 33.6 Å². The van der Waals surface area contributed by atoms with Crippen molar-refractivity contribution in [2.24, 2.45) is 5.92 Å². The van der Waals surface area contributed by atoms with E-state index in [1.54, 1.807) is 17.5 Å². The number of thiazole rings is 1. The van der Waals surface area contributed by atoms with Gasteiger partial charge in [0.15, 0.2) is 10.9 Å². The van der Waals surface area contributed by atoms with Crippen LogP contribution >= 0.6 is 11.3 Å². The van der Waals surface area contributed by atoms with E-state index in [0.29, 0.717) is 30.5 Å². The minimum atomic E-state index is -0.352. The van der Waals surface area contributed by atoms with Crippen molar-refractivity contribution in [1.82, 2.24) is 19.7 Å². The van der Waals surface area contributed by atoms with Crippen molar-refractivity contribution in [2.45, 2.75) is 26.3 Å². The van der Waals surface area contributed by atoms with Gasteiger partial charge in [-0.2, -0.15) is 0 Å². The lowest BCUT2D eigenvalue weighted by molar-refractivity contribution is -0.132. The van der Waals surface area contributed by atoms with Crippen molar-refractivity contribution in [2.75, 3.05) is 44.6 Å². The highest BCUT2D eigenvalue weighted by Crippen LogP contribution is 2.29. The molecule has 10 heteroatoms. The maximum Gasteiger partial charge on any atom is 0.290 e. The van der Waals surface area contributed by atoms with Gasteiger partial charge in [0.25, 0.3) is 5.91 Å². The summed E-state index contributed by atoms with van der Waals surface area (Å²) in [6.45, 7) is 7.06. The molecule has 0 bridgehead atoms. The topological polar surface area (TPSA) is 99.0 Å². The summed E-state index contributed by atoms with van der Waals surface area (Å²) in [5.41, 5.74) is 3.09.